The number of carbonyl (C=O) groups excluding carboxylic acids is 1. The number of nitrogens with zero attached hydrogens (tertiary/aromatic N) is 2. The number of aromatic nitrogens is 2. The van der Waals surface area contributed by atoms with Gasteiger partial charge in [-0.15, -0.1) is 0 Å². The van der Waals surface area contributed by atoms with E-state index in [1.807, 2.05) is 0 Å². The number of hydrogen-bond acceptors (Lipinski definition) is 8. The zero-order valence-electron chi connectivity index (χ0n) is 14.2. The number of nitrogens with one attached hydrogen (secondary N) is 3. The highest BCUT2D eigenvalue weighted by Gasteiger charge is 2.10. The zero-order chi connectivity index (χ0) is 18.1. The minimum Gasteiger partial charge on any atom is -0.497 e. The van der Waals surface area contributed by atoms with E-state index in [0.717, 1.165) is 6.42 Å². The number of amides is 1. The molecule has 9 heteroatoms. The van der Waals surface area contributed by atoms with E-state index < -0.39 is 0 Å². The minimum absolute atomic E-state index is 0.311. The van der Waals surface area contributed by atoms with Gasteiger partial charge in [0.2, 0.25) is 0 Å². The molecule has 1 aromatic carbocycles. The summed E-state index contributed by atoms with van der Waals surface area (Å²) in [5.74, 6) is 1.16. The van der Waals surface area contributed by atoms with Gasteiger partial charge in [-0.2, -0.15) is 0 Å². The Morgan fingerprint density at radius 3 is 2.56 bits per heavy atom. The number of anilines is 3. The summed E-state index contributed by atoms with van der Waals surface area (Å²) in [6.45, 7) is 1.30. The van der Waals surface area contributed by atoms with Crippen molar-refractivity contribution in [1.29, 1.82) is 0 Å². The molecule has 0 aliphatic heterocycles. The average Bonchev–Trinajstić information content (AvgIpc) is 2.65. The molecular formula is C16H22N6O3. The maximum Gasteiger partial charge on any atom is 0.269 e. The van der Waals surface area contributed by atoms with Gasteiger partial charge in [0.15, 0.2) is 11.6 Å². The SMILES string of the molecule is COCCCNc1ncnc(NNC(=O)c2ccc(OC)cc2)c1N. The van der Waals surface area contributed by atoms with Crippen molar-refractivity contribution in [3.05, 3.63) is 36.2 Å². The Balaban J connectivity index is 1.94. The lowest BCUT2D eigenvalue weighted by Gasteiger charge is -2.13. The van der Waals surface area contributed by atoms with Crippen molar-refractivity contribution in [2.24, 2.45) is 0 Å². The largest absolute Gasteiger partial charge is 0.497 e. The van der Waals surface area contributed by atoms with Gasteiger partial charge < -0.3 is 20.5 Å². The van der Waals surface area contributed by atoms with Crippen LogP contribution in [0.5, 0.6) is 5.75 Å². The summed E-state index contributed by atoms with van der Waals surface area (Å²) in [7, 11) is 3.21. The van der Waals surface area contributed by atoms with Gasteiger partial charge in [-0.25, -0.2) is 9.97 Å². The highest BCUT2D eigenvalue weighted by molar-refractivity contribution is 5.95. The summed E-state index contributed by atoms with van der Waals surface area (Å²) in [4.78, 5) is 20.2. The van der Waals surface area contributed by atoms with E-state index in [4.69, 9.17) is 15.2 Å². The van der Waals surface area contributed by atoms with Crippen LogP contribution in [-0.4, -0.2) is 43.2 Å². The van der Waals surface area contributed by atoms with Crippen molar-refractivity contribution in [3.8, 4) is 5.75 Å². The van der Waals surface area contributed by atoms with Crippen LogP contribution in [0.2, 0.25) is 0 Å². The number of benzene rings is 1. The summed E-state index contributed by atoms with van der Waals surface area (Å²) in [5, 5.41) is 3.10. The zero-order valence-corrected chi connectivity index (χ0v) is 14.2. The Morgan fingerprint density at radius 2 is 1.88 bits per heavy atom. The first kappa shape index (κ1) is 18.3. The highest BCUT2D eigenvalue weighted by atomic mass is 16.5. The number of hydrazine groups is 1. The molecule has 1 heterocycles. The lowest BCUT2D eigenvalue weighted by atomic mass is 10.2. The molecular weight excluding hydrogens is 324 g/mol. The van der Waals surface area contributed by atoms with Crippen LogP contribution in [0.4, 0.5) is 17.3 Å². The Hall–Kier alpha value is -3.07. The molecule has 0 radical (unpaired) electrons. The third kappa shape index (κ3) is 5.21. The molecule has 0 atom stereocenters. The quantitative estimate of drug-likeness (QED) is 0.395. The average molecular weight is 346 g/mol. The van der Waals surface area contributed by atoms with E-state index in [2.05, 4.69) is 26.1 Å². The van der Waals surface area contributed by atoms with E-state index in [1.165, 1.54) is 6.33 Å². The molecule has 0 aliphatic carbocycles. The van der Waals surface area contributed by atoms with Crippen molar-refractivity contribution in [2.45, 2.75) is 6.42 Å². The molecule has 0 saturated heterocycles. The van der Waals surface area contributed by atoms with Crippen molar-refractivity contribution in [3.63, 3.8) is 0 Å². The summed E-state index contributed by atoms with van der Waals surface area (Å²) in [5.41, 5.74) is 12.1. The maximum atomic E-state index is 12.1. The second kappa shape index (κ2) is 9.28. The van der Waals surface area contributed by atoms with Crippen molar-refractivity contribution < 1.29 is 14.3 Å². The molecule has 0 bridgehead atoms. The molecule has 0 fully saturated rings. The van der Waals surface area contributed by atoms with E-state index in [0.29, 0.717) is 41.8 Å². The van der Waals surface area contributed by atoms with Crippen molar-refractivity contribution >= 4 is 23.2 Å². The number of hydrogen-bond donors (Lipinski definition) is 4. The smallest absolute Gasteiger partial charge is 0.269 e. The predicted molar refractivity (Wildman–Crippen MR) is 95.5 cm³/mol. The second-order valence-electron chi connectivity index (χ2n) is 5.07. The molecule has 2 aromatic rings. The monoisotopic (exact) mass is 346 g/mol. The topological polar surface area (TPSA) is 123 Å². The summed E-state index contributed by atoms with van der Waals surface area (Å²) >= 11 is 0. The first-order chi connectivity index (χ1) is 12.2. The van der Waals surface area contributed by atoms with Crippen LogP contribution in [0.25, 0.3) is 0 Å². The summed E-state index contributed by atoms with van der Waals surface area (Å²) in [6.07, 6.45) is 2.17. The van der Waals surface area contributed by atoms with E-state index in [-0.39, 0.29) is 5.91 Å². The van der Waals surface area contributed by atoms with Crippen LogP contribution in [0, 0.1) is 0 Å². The Morgan fingerprint density at radius 1 is 1.16 bits per heavy atom. The number of methoxy groups -OCH3 is 2. The summed E-state index contributed by atoms with van der Waals surface area (Å²) < 4.78 is 10.0. The van der Waals surface area contributed by atoms with Gasteiger partial charge in [0.05, 0.1) is 7.11 Å². The molecule has 25 heavy (non-hydrogen) atoms. The third-order valence-electron chi connectivity index (χ3n) is 3.35. The molecule has 2 rings (SSSR count). The summed E-state index contributed by atoms with van der Waals surface area (Å²) in [6, 6.07) is 6.72. The van der Waals surface area contributed by atoms with Gasteiger partial charge >= 0.3 is 0 Å². The molecule has 0 spiro atoms. The van der Waals surface area contributed by atoms with Crippen LogP contribution in [0.1, 0.15) is 16.8 Å². The molecule has 1 amide bonds. The normalized spacial score (nSPS) is 10.2. The van der Waals surface area contributed by atoms with Crippen LogP contribution in [-0.2, 0) is 4.74 Å². The van der Waals surface area contributed by atoms with Crippen LogP contribution in [0.3, 0.4) is 0 Å². The molecule has 5 N–H and O–H groups in total. The number of nitrogens with two attached hydrogens (primary N) is 1. The first-order valence-corrected chi connectivity index (χ1v) is 7.69. The van der Waals surface area contributed by atoms with Gasteiger partial charge in [0.1, 0.15) is 17.8 Å². The number of carbonyl (C=O) groups is 1. The van der Waals surface area contributed by atoms with E-state index >= 15 is 0 Å². The Labute approximate surface area is 145 Å². The molecule has 1 aromatic heterocycles. The molecule has 0 aliphatic rings. The lowest BCUT2D eigenvalue weighted by Crippen LogP contribution is -2.30. The number of rotatable bonds is 9. The van der Waals surface area contributed by atoms with Gasteiger partial charge in [-0.1, -0.05) is 0 Å². The standard InChI is InChI=1S/C16H22N6O3/c1-24-9-3-8-18-14-13(17)15(20-10-19-14)21-22-16(23)11-4-6-12(25-2)7-5-11/h4-7,10H,3,8-9,17H2,1-2H3,(H,22,23)(H2,18,19,20,21). The minimum atomic E-state index is -0.324. The van der Waals surface area contributed by atoms with Crippen molar-refractivity contribution in [1.82, 2.24) is 15.4 Å². The fourth-order valence-corrected chi connectivity index (χ4v) is 1.99. The van der Waals surface area contributed by atoms with Crippen LogP contribution in [0.15, 0.2) is 30.6 Å². The highest BCUT2D eigenvalue weighted by Crippen LogP contribution is 2.21. The molecule has 0 saturated carbocycles. The van der Waals surface area contributed by atoms with Gasteiger partial charge in [-0.05, 0) is 30.7 Å². The molecule has 0 unspecified atom stereocenters. The van der Waals surface area contributed by atoms with E-state index in [9.17, 15) is 4.79 Å². The number of nitrogen functional groups attached to an aromatic ring is 1. The third-order valence-corrected chi connectivity index (χ3v) is 3.35. The van der Waals surface area contributed by atoms with Gasteiger partial charge in [0.25, 0.3) is 5.91 Å². The van der Waals surface area contributed by atoms with Crippen molar-refractivity contribution in [2.75, 3.05) is 43.8 Å². The number of ether oxygens (including phenoxy) is 2. The van der Waals surface area contributed by atoms with Gasteiger partial charge in [-0.3, -0.25) is 15.6 Å². The fraction of sp³-hybridized carbons (Fsp3) is 0.312. The maximum absolute atomic E-state index is 12.1. The fourth-order valence-electron chi connectivity index (χ4n) is 1.99. The lowest BCUT2D eigenvalue weighted by molar-refractivity contribution is 0.0962. The predicted octanol–water partition coefficient (Wildman–Crippen LogP) is 1.27. The second-order valence-corrected chi connectivity index (χ2v) is 5.07. The van der Waals surface area contributed by atoms with Gasteiger partial charge in [0, 0.05) is 25.8 Å². The van der Waals surface area contributed by atoms with Crippen LogP contribution >= 0.6 is 0 Å². The molecule has 134 valence electrons. The van der Waals surface area contributed by atoms with Crippen LogP contribution < -0.4 is 26.6 Å². The Kier molecular flexibility index (Phi) is 6.78. The Bertz CT molecular complexity index is 693. The first-order valence-electron chi connectivity index (χ1n) is 7.69. The van der Waals surface area contributed by atoms with E-state index in [1.54, 1.807) is 38.5 Å². The molecule has 9 nitrogen and oxygen atoms in total.